The fourth-order valence-electron chi connectivity index (χ4n) is 3.58. The molecule has 3 heterocycles. The van der Waals surface area contributed by atoms with Gasteiger partial charge in [-0.3, -0.25) is 0 Å². The van der Waals surface area contributed by atoms with Crippen LogP contribution in [-0.4, -0.2) is 37.5 Å². The van der Waals surface area contributed by atoms with Gasteiger partial charge in [-0.1, -0.05) is 0 Å². The molecule has 0 atom stereocenters. The maximum absolute atomic E-state index is 5.54. The van der Waals surface area contributed by atoms with E-state index in [0.717, 1.165) is 46.9 Å². The van der Waals surface area contributed by atoms with E-state index in [0.29, 0.717) is 11.5 Å². The molecule has 0 saturated heterocycles. The van der Waals surface area contributed by atoms with Crippen LogP contribution in [0.2, 0.25) is 0 Å². The van der Waals surface area contributed by atoms with Gasteiger partial charge >= 0.3 is 0 Å². The van der Waals surface area contributed by atoms with Crippen molar-refractivity contribution in [1.82, 2.24) is 9.97 Å². The number of nitrogens with zero attached hydrogens (tertiary/aromatic N) is 3. The summed E-state index contributed by atoms with van der Waals surface area (Å²) in [6.45, 7) is 1.10. The van der Waals surface area contributed by atoms with E-state index in [4.69, 9.17) is 18.9 Å². The lowest BCUT2D eigenvalue weighted by Crippen LogP contribution is -2.15. The highest BCUT2D eigenvalue weighted by Gasteiger charge is 2.27. The molecule has 1 aromatic heterocycles. The quantitative estimate of drug-likeness (QED) is 0.718. The van der Waals surface area contributed by atoms with Crippen molar-refractivity contribution in [3.05, 3.63) is 36.2 Å². The summed E-state index contributed by atoms with van der Waals surface area (Å²) in [5, 5.41) is 0.913. The average Bonchev–Trinajstić information content (AvgIpc) is 3.30. The van der Waals surface area contributed by atoms with Crippen LogP contribution >= 0.6 is 0 Å². The first-order valence-corrected chi connectivity index (χ1v) is 8.35. The summed E-state index contributed by atoms with van der Waals surface area (Å²) in [5.74, 6) is 3.72. The molecule has 0 fully saturated rings. The van der Waals surface area contributed by atoms with Crippen molar-refractivity contribution >= 4 is 22.4 Å². The standard InChI is InChI=1S/C19H17N3O4/c1-23-15-6-12-13(7-16(15)24-2)20-9-21-19(12)22-4-3-11-5-17-18(8-14(11)22)26-10-25-17/h5-9H,3-4,10H2,1-2H3. The topological polar surface area (TPSA) is 65.9 Å². The Morgan fingerprint density at radius 3 is 2.54 bits per heavy atom. The van der Waals surface area contributed by atoms with Gasteiger partial charge in [-0.25, -0.2) is 9.97 Å². The summed E-state index contributed by atoms with van der Waals surface area (Å²) in [6, 6.07) is 7.88. The maximum atomic E-state index is 5.54. The minimum atomic E-state index is 0.270. The Balaban J connectivity index is 1.67. The molecule has 0 amide bonds. The number of anilines is 2. The summed E-state index contributed by atoms with van der Waals surface area (Å²) >= 11 is 0. The largest absolute Gasteiger partial charge is 0.493 e. The Kier molecular flexibility index (Phi) is 3.28. The van der Waals surface area contributed by atoms with Gasteiger partial charge in [0.05, 0.1) is 19.7 Å². The molecule has 0 aliphatic carbocycles. The molecule has 26 heavy (non-hydrogen) atoms. The van der Waals surface area contributed by atoms with Gasteiger partial charge in [0.1, 0.15) is 12.1 Å². The molecule has 0 saturated carbocycles. The third kappa shape index (κ3) is 2.13. The minimum Gasteiger partial charge on any atom is -0.493 e. The number of rotatable bonds is 3. The van der Waals surface area contributed by atoms with Crippen LogP contribution in [0.1, 0.15) is 5.56 Å². The van der Waals surface area contributed by atoms with E-state index in [1.165, 1.54) is 5.56 Å². The first kappa shape index (κ1) is 15.1. The zero-order chi connectivity index (χ0) is 17.7. The van der Waals surface area contributed by atoms with E-state index >= 15 is 0 Å². The minimum absolute atomic E-state index is 0.270. The van der Waals surface area contributed by atoms with Crippen LogP contribution in [0.15, 0.2) is 30.6 Å². The molecule has 3 aromatic rings. The number of hydrogen-bond acceptors (Lipinski definition) is 7. The fourth-order valence-corrected chi connectivity index (χ4v) is 3.58. The molecule has 132 valence electrons. The molecule has 0 bridgehead atoms. The van der Waals surface area contributed by atoms with Crippen LogP contribution in [-0.2, 0) is 6.42 Å². The zero-order valence-electron chi connectivity index (χ0n) is 14.5. The molecule has 2 aromatic carbocycles. The molecule has 7 heteroatoms. The maximum Gasteiger partial charge on any atom is 0.231 e. The van der Waals surface area contributed by atoms with Crippen molar-refractivity contribution in [3.63, 3.8) is 0 Å². The van der Waals surface area contributed by atoms with E-state index in [2.05, 4.69) is 20.9 Å². The lowest BCUT2D eigenvalue weighted by atomic mass is 10.1. The van der Waals surface area contributed by atoms with Gasteiger partial charge in [0.15, 0.2) is 23.0 Å². The molecular weight excluding hydrogens is 334 g/mol. The number of benzene rings is 2. The van der Waals surface area contributed by atoms with Crippen molar-refractivity contribution in [2.24, 2.45) is 0 Å². The molecular formula is C19H17N3O4. The van der Waals surface area contributed by atoms with Gasteiger partial charge in [0.2, 0.25) is 6.79 Å². The molecule has 0 radical (unpaired) electrons. The first-order valence-electron chi connectivity index (χ1n) is 8.35. The molecule has 7 nitrogen and oxygen atoms in total. The summed E-state index contributed by atoms with van der Waals surface area (Å²) in [4.78, 5) is 11.1. The van der Waals surface area contributed by atoms with Gasteiger partial charge < -0.3 is 23.8 Å². The lowest BCUT2D eigenvalue weighted by molar-refractivity contribution is 0.174. The van der Waals surface area contributed by atoms with Crippen molar-refractivity contribution < 1.29 is 18.9 Å². The highest BCUT2D eigenvalue weighted by Crippen LogP contribution is 2.45. The summed E-state index contributed by atoms with van der Waals surface area (Å²) in [7, 11) is 3.24. The predicted octanol–water partition coefficient (Wildman–Crippen LogP) is 3.07. The van der Waals surface area contributed by atoms with E-state index < -0.39 is 0 Å². The number of hydrogen-bond donors (Lipinski definition) is 0. The van der Waals surface area contributed by atoms with Crippen LogP contribution in [0.4, 0.5) is 11.5 Å². The molecule has 0 spiro atoms. The molecule has 2 aliphatic rings. The highest BCUT2D eigenvalue weighted by molar-refractivity contribution is 5.94. The monoisotopic (exact) mass is 351 g/mol. The van der Waals surface area contributed by atoms with Crippen molar-refractivity contribution in [1.29, 1.82) is 0 Å². The SMILES string of the molecule is COc1cc2ncnc(N3CCc4cc5c(cc43)OCO5)c2cc1OC. The normalized spacial score (nSPS) is 14.6. The van der Waals surface area contributed by atoms with Crippen LogP contribution in [0.25, 0.3) is 10.9 Å². The van der Waals surface area contributed by atoms with E-state index in [9.17, 15) is 0 Å². The number of aromatic nitrogens is 2. The molecule has 0 unspecified atom stereocenters. The Bertz CT molecular complexity index is 1020. The summed E-state index contributed by atoms with van der Waals surface area (Å²) in [5.41, 5.74) is 3.12. The second-order valence-electron chi connectivity index (χ2n) is 6.16. The van der Waals surface area contributed by atoms with Crippen molar-refractivity contribution in [3.8, 4) is 23.0 Å². The second kappa shape index (κ2) is 5.66. The number of fused-ring (bicyclic) bond motifs is 3. The van der Waals surface area contributed by atoms with E-state index in [1.807, 2.05) is 18.2 Å². The van der Waals surface area contributed by atoms with Gasteiger partial charge in [0, 0.05) is 29.8 Å². The number of methoxy groups -OCH3 is 2. The van der Waals surface area contributed by atoms with Gasteiger partial charge in [0.25, 0.3) is 0 Å². The highest BCUT2D eigenvalue weighted by atomic mass is 16.7. The van der Waals surface area contributed by atoms with Crippen LogP contribution in [0.3, 0.4) is 0 Å². The summed E-state index contributed by atoms with van der Waals surface area (Å²) in [6.07, 6.45) is 2.50. The third-order valence-corrected chi connectivity index (χ3v) is 4.84. The first-order chi connectivity index (χ1) is 12.8. The van der Waals surface area contributed by atoms with E-state index in [1.54, 1.807) is 20.5 Å². The van der Waals surface area contributed by atoms with Crippen LogP contribution in [0.5, 0.6) is 23.0 Å². The smallest absolute Gasteiger partial charge is 0.231 e. The Morgan fingerprint density at radius 1 is 0.962 bits per heavy atom. The lowest BCUT2D eigenvalue weighted by Gasteiger charge is -2.20. The predicted molar refractivity (Wildman–Crippen MR) is 95.9 cm³/mol. The van der Waals surface area contributed by atoms with Crippen LogP contribution < -0.4 is 23.8 Å². The van der Waals surface area contributed by atoms with Gasteiger partial charge in [-0.2, -0.15) is 0 Å². The zero-order valence-corrected chi connectivity index (χ0v) is 14.5. The Hall–Kier alpha value is -3.22. The second-order valence-corrected chi connectivity index (χ2v) is 6.16. The van der Waals surface area contributed by atoms with Gasteiger partial charge in [-0.05, 0) is 24.1 Å². The Morgan fingerprint density at radius 2 is 1.73 bits per heavy atom. The number of ether oxygens (including phenoxy) is 4. The van der Waals surface area contributed by atoms with Crippen LogP contribution in [0, 0.1) is 0 Å². The fraction of sp³-hybridized carbons (Fsp3) is 0.263. The Labute approximate surface area is 150 Å². The third-order valence-electron chi connectivity index (χ3n) is 4.84. The molecule has 0 N–H and O–H groups in total. The van der Waals surface area contributed by atoms with Crippen molar-refractivity contribution in [2.75, 3.05) is 32.5 Å². The van der Waals surface area contributed by atoms with E-state index in [-0.39, 0.29) is 6.79 Å². The van der Waals surface area contributed by atoms with Crippen molar-refractivity contribution in [2.45, 2.75) is 6.42 Å². The molecule has 5 rings (SSSR count). The molecule has 2 aliphatic heterocycles. The average molecular weight is 351 g/mol. The van der Waals surface area contributed by atoms with Gasteiger partial charge in [-0.15, -0.1) is 0 Å². The summed E-state index contributed by atoms with van der Waals surface area (Å²) < 4.78 is 21.9.